The highest BCUT2D eigenvalue weighted by atomic mass is 16.5. The second kappa shape index (κ2) is 7.97. The lowest BCUT2D eigenvalue weighted by molar-refractivity contribution is -0.141. The van der Waals surface area contributed by atoms with Crippen LogP contribution in [0.15, 0.2) is 16.6 Å². The Hall–Kier alpha value is -2.92. The monoisotopic (exact) mass is 359 g/mol. The van der Waals surface area contributed by atoms with Gasteiger partial charge in [0.15, 0.2) is 0 Å². The van der Waals surface area contributed by atoms with Crippen molar-refractivity contribution in [2.45, 2.75) is 40.2 Å². The lowest BCUT2D eigenvalue weighted by atomic mass is 9.93. The number of isocyanates is 1. The number of benzene rings is 1. The van der Waals surface area contributed by atoms with Crippen molar-refractivity contribution in [1.82, 2.24) is 0 Å². The normalized spacial score (nSPS) is 14.3. The number of carbonyl (C=O) groups is 2. The zero-order valence-corrected chi connectivity index (χ0v) is 15.2. The molecule has 0 aliphatic carbocycles. The molecule has 1 aromatic carbocycles. The van der Waals surface area contributed by atoms with Crippen LogP contribution in [0.5, 0.6) is 5.75 Å². The summed E-state index contributed by atoms with van der Waals surface area (Å²) in [7, 11) is 1.51. The van der Waals surface area contributed by atoms with Gasteiger partial charge < -0.3 is 14.6 Å². The lowest BCUT2D eigenvalue weighted by Gasteiger charge is -2.16. The van der Waals surface area contributed by atoms with Crippen LogP contribution in [-0.4, -0.2) is 30.2 Å². The number of esters is 1. The minimum atomic E-state index is -0.863. The zero-order valence-electron chi connectivity index (χ0n) is 15.2. The summed E-state index contributed by atoms with van der Waals surface area (Å²) < 4.78 is 10.6. The smallest absolute Gasteiger partial charge is 0.341 e. The first kappa shape index (κ1) is 19.4. The van der Waals surface area contributed by atoms with Crippen molar-refractivity contribution >= 4 is 23.7 Å². The number of nitrogens with zero attached hydrogens (tertiary/aromatic N) is 1. The number of methoxy groups -OCH3 is 1. The molecule has 1 aromatic rings. The average molecular weight is 359 g/mol. The summed E-state index contributed by atoms with van der Waals surface area (Å²) in [6.07, 6.45) is 4.08. The second-order valence-corrected chi connectivity index (χ2v) is 6.32. The van der Waals surface area contributed by atoms with Gasteiger partial charge in [0.25, 0.3) is 0 Å². The van der Waals surface area contributed by atoms with Crippen molar-refractivity contribution in [3.63, 3.8) is 0 Å². The fraction of sp³-hybridized carbons (Fsp3) is 0.421. The Morgan fingerprint density at radius 1 is 1.50 bits per heavy atom. The molecule has 138 valence electrons. The summed E-state index contributed by atoms with van der Waals surface area (Å²) in [5, 5.41) is 9.03. The molecular weight excluding hydrogens is 338 g/mol. The van der Waals surface area contributed by atoms with Gasteiger partial charge in [0, 0.05) is 11.1 Å². The van der Waals surface area contributed by atoms with Crippen LogP contribution >= 0.6 is 0 Å². The standard InChI is InChI=1S/C19H21NO6/c1-10(7-11(2)18(22)23)5-6-13-16(20-9-21)15-14(8-26-19(15)24)12(3)17(13)25-4/h5,11H,6-8H2,1-4H3,(H,22,23)/t11-/m1/s1. The van der Waals surface area contributed by atoms with Gasteiger partial charge in [-0.15, -0.1) is 0 Å². The molecule has 1 heterocycles. The van der Waals surface area contributed by atoms with E-state index in [2.05, 4.69) is 4.99 Å². The lowest BCUT2D eigenvalue weighted by Crippen LogP contribution is -2.09. The van der Waals surface area contributed by atoms with Crippen LogP contribution in [0, 0.1) is 12.8 Å². The molecule has 0 spiro atoms. The Bertz CT molecular complexity index is 833. The van der Waals surface area contributed by atoms with Crippen molar-refractivity contribution in [2.75, 3.05) is 7.11 Å². The minimum Gasteiger partial charge on any atom is -0.496 e. The van der Waals surface area contributed by atoms with Crippen molar-refractivity contribution in [3.05, 3.63) is 33.9 Å². The molecule has 7 nitrogen and oxygen atoms in total. The summed E-state index contributed by atoms with van der Waals surface area (Å²) in [6.45, 7) is 5.41. The quantitative estimate of drug-likeness (QED) is 0.347. The molecule has 1 atom stereocenters. The van der Waals surface area contributed by atoms with Crippen LogP contribution in [0.2, 0.25) is 0 Å². The van der Waals surface area contributed by atoms with Crippen LogP contribution in [0.25, 0.3) is 0 Å². The number of allylic oxidation sites excluding steroid dienone is 2. The molecule has 0 bridgehead atoms. The molecule has 26 heavy (non-hydrogen) atoms. The van der Waals surface area contributed by atoms with Crippen LogP contribution < -0.4 is 4.74 Å². The minimum absolute atomic E-state index is 0.114. The summed E-state index contributed by atoms with van der Waals surface area (Å²) in [6, 6.07) is 0. The molecule has 1 aliphatic heterocycles. The third-order valence-corrected chi connectivity index (χ3v) is 4.51. The first-order valence-corrected chi connectivity index (χ1v) is 8.17. The number of carboxylic acid groups (broad SMARTS) is 1. The average Bonchev–Trinajstić information content (AvgIpc) is 2.97. The van der Waals surface area contributed by atoms with E-state index in [4.69, 9.17) is 14.6 Å². The van der Waals surface area contributed by atoms with E-state index in [1.165, 1.54) is 13.2 Å². The van der Waals surface area contributed by atoms with Gasteiger partial charge >= 0.3 is 11.9 Å². The van der Waals surface area contributed by atoms with Gasteiger partial charge in [-0.3, -0.25) is 4.79 Å². The van der Waals surface area contributed by atoms with Gasteiger partial charge in [-0.25, -0.2) is 9.59 Å². The molecule has 0 amide bonds. The SMILES string of the molecule is COc1c(C)c2c(c(N=C=O)c1CC=C(C)C[C@@H](C)C(=O)O)C(=O)OC2. The number of rotatable bonds is 7. The Kier molecular flexibility index (Phi) is 5.95. The molecule has 1 aliphatic rings. The third-order valence-electron chi connectivity index (χ3n) is 4.51. The van der Waals surface area contributed by atoms with E-state index in [0.29, 0.717) is 29.7 Å². The fourth-order valence-electron chi connectivity index (χ4n) is 3.13. The summed E-state index contributed by atoms with van der Waals surface area (Å²) in [5.74, 6) is -1.36. The number of fused-ring (bicyclic) bond motifs is 1. The molecule has 0 aromatic heterocycles. The summed E-state index contributed by atoms with van der Waals surface area (Å²) in [4.78, 5) is 37.7. The van der Waals surface area contributed by atoms with E-state index >= 15 is 0 Å². The predicted molar refractivity (Wildman–Crippen MR) is 93.5 cm³/mol. The van der Waals surface area contributed by atoms with Crippen LogP contribution in [0.4, 0.5) is 5.69 Å². The number of carbonyl (C=O) groups excluding carboxylic acids is 2. The Morgan fingerprint density at radius 2 is 2.19 bits per heavy atom. The topological polar surface area (TPSA) is 102 Å². The van der Waals surface area contributed by atoms with Gasteiger partial charge in [0.2, 0.25) is 6.08 Å². The third kappa shape index (κ3) is 3.68. The first-order valence-electron chi connectivity index (χ1n) is 8.17. The summed E-state index contributed by atoms with van der Waals surface area (Å²) >= 11 is 0. The number of aliphatic carboxylic acids is 1. The van der Waals surface area contributed by atoms with Crippen LogP contribution in [-0.2, 0) is 27.4 Å². The number of cyclic esters (lactones) is 1. The van der Waals surface area contributed by atoms with Gasteiger partial charge in [-0.2, -0.15) is 4.99 Å². The molecular formula is C19H21NO6. The highest BCUT2D eigenvalue weighted by Gasteiger charge is 2.32. The number of ether oxygens (including phenoxy) is 2. The number of aliphatic imine (C=N–C) groups is 1. The molecule has 0 saturated carbocycles. The molecule has 0 saturated heterocycles. The van der Waals surface area contributed by atoms with Gasteiger partial charge in [0.05, 0.1) is 24.3 Å². The fourth-order valence-corrected chi connectivity index (χ4v) is 3.13. The molecule has 0 fully saturated rings. The Labute approximate surface area is 151 Å². The van der Waals surface area contributed by atoms with Crippen molar-refractivity contribution in [1.29, 1.82) is 0 Å². The number of carboxylic acids is 1. The van der Waals surface area contributed by atoms with Gasteiger partial charge in [0.1, 0.15) is 12.4 Å². The van der Waals surface area contributed by atoms with E-state index in [1.807, 2.05) is 19.9 Å². The van der Waals surface area contributed by atoms with E-state index in [9.17, 15) is 14.4 Å². The van der Waals surface area contributed by atoms with E-state index in [0.717, 1.165) is 11.1 Å². The van der Waals surface area contributed by atoms with Crippen molar-refractivity contribution < 1.29 is 29.0 Å². The predicted octanol–water partition coefficient (Wildman–Crippen LogP) is 3.24. The second-order valence-electron chi connectivity index (χ2n) is 6.32. The summed E-state index contributed by atoms with van der Waals surface area (Å²) in [5.41, 5.74) is 3.35. The molecule has 0 unspecified atom stereocenters. The maximum atomic E-state index is 12.1. The maximum Gasteiger partial charge on any atom is 0.341 e. The van der Waals surface area contributed by atoms with E-state index < -0.39 is 17.9 Å². The van der Waals surface area contributed by atoms with Crippen molar-refractivity contribution in [3.8, 4) is 5.75 Å². The molecule has 2 rings (SSSR count). The van der Waals surface area contributed by atoms with Crippen LogP contribution in [0.3, 0.4) is 0 Å². The molecule has 0 radical (unpaired) electrons. The molecule has 1 N–H and O–H groups in total. The number of hydrogen-bond donors (Lipinski definition) is 1. The highest BCUT2D eigenvalue weighted by Crippen LogP contribution is 2.42. The highest BCUT2D eigenvalue weighted by molar-refractivity contribution is 6.01. The largest absolute Gasteiger partial charge is 0.496 e. The van der Waals surface area contributed by atoms with E-state index in [-0.39, 0.29) is 17.9 Å². The Balaban J connectivity index is 2.52. The van der Waals surface area contributed by atoms with Crippen LogP contribution in [0.1, 0.15) is 47.3 Å². The maximum absolute atomic E-state index is 12.1. The van der Waals surface area contributed by atoms with Gasteiger partial charge in [-0.1, -0.05) is 18.6 Å². The number of hydrogen-bond acceptors (Lipinski definition) is 6. The van der Waals surface area contributed by atoms with Gasteiger partial charge in [-0.05, 0) is 32.3 Å². The zero-order chi connectivity index (χ0) is 19.4. The van der Waals surface area contributed by atoms with E-state index in [1.54, 1.807) is 6.92 Å². The van der Waals surface area contributed by atoms with Crippen molar-refractivity contribution in [2.24, 2.45) is 10.9 Å². The first-order chi connectivity index (χ1) is 12.3. The Morgan fingerprint density at radius 3 is 2.77 bits per heavy atom. The molecule has 7 heteroatoms.